The Labute approximate surface area is 150 Å². The summed E-state index contributed by atoms with van der Waals surface area (Å²) in [6, 6.07) is 0. The Morgan fingerprint density at radius 2 is 1.46 bits per heavy atom. The van der Waals surface area contributed by atoms with Gasteiger partial charge in [0.25, 0.3) is 0 Å². The average molecular weight is 355 g/mol. The Kier molecular flexibility index (Phi) is 10.8. The van der Waals surface area contributed by atoms with Gasteiger partial charge >= 0.3 is 0 Å². The van der Waals surface area contributed by atoms with Crippen molar-refractivity contribution in [2.45, 2.75) is 65.2 Å². The van der Waals surface area contributed by atoms with Gasteiger partial charge in [-0.2, -0.15) is 9.97 Å². The van der Waals surface area contributed by atoms with Crippen LogP contribution in [0.15, 0.2) is 6.33 Å². The van der Waals surface area contributed by atoms with E-state index in [4.69, 9.17) is 27.4 Å². The van der Waals surface area contributed by atoms with Crippen LogP contribution in [0.4, 0.5) is 5.69 Å². The standard InChI is InChI=1S/C17H30N4O2S/c1-3-5-7-9-11-22-15-14(21-17(18)24)16(20-13-19-15)23-12-10-8-6-4-2/h13H,3-12H2,1-2H3,(H3,18,21,24). The zero-order valence-corrected chi connectivity index (χ0v) is 15.7. The van der Waals surface area contributed by atoms with Crippen LogP contribution in [0.1, 0.15) is 65.2 Å². The lowest BCUT2D eigenvalue weighted by atomic mass is 10.2. The first-order valence-corrected chi connectivity index (χ1v) is 9.26. The van der Waals surface area contributed by atoms with Crippen molar-refractivity contribution in [2.24, 2.45) is 5.73 Å². The Morgan fingerprint density at radius 3 is 1.88 bits per heavy atom. The fourth-order valence-electron chi connectivity index (χ4n) is 2.20. The van der Waals surface area contributed by atoms with Crippen LogP contribution in [-0.2, 0) is 0 Å². The van der Waals surface area contributed by atoms with Crippen molar-refractivity contribution in [3.8, 4) is 11.8 Å². The molecule has 0 radical (unpaired) electrons. The Bertz CT molecular complexity index is 453. The van der Waals surface area contributed by atoms with E-state index in [0.717, 1.165) is 25.7 Å². The Hall–Kier alpha value is -1.63. The number of unbranched alkanes of at least 4 members (excludes halogenated alkanes) is 6. The molecule has 0 spiro atoms. The molecule has 1 heterocycles. The molecule has 1 aromatic rings. The van der Waals surface area contributed by atoms with Crippen LogP contribution >= 0.6 is 12.2 Å². The second-order valence-electron chi connectivity index (χ2n) is 5.67. The molecule has 1 rings (SSSR count). The van der Waals surface area contributed by atoms with Crippen LogP contribution in [0.2, 0.25) is 0 Å². The van der Waals surface area contributed by atoms with E-state index in [1.54, 1.807) is 0 Å². The predicted octanol–water partition coefficient (Wildman–Crippen LogP) is 4.05. The molecule has 0 saturated heterocycles. The summed E-state index contributed by atoms with van der Waals surface area (Å²) in [6.07, 6.45) is 10.5. The second-order valence-corrected chi connectivity index (χ2v) is 6.11. The first kappa shape index (κ1) is 20.4. The zero-order valence-electron chi connectivity index (χ0n) is 14.8. The number of rotatable bonds is 13. The van der Waals surface area contributed by atoms with Crippen molar-refractivity contribution in [3.05, 3.63) is 6.33 Å². The third-order valence-electron chi connectivity index (χ3n) is 3.50. The minimum Gasteiger partial charge on any atom is -0.476 e. The molecule has 0 atom stereocenters. The van der Waals surface area contributed by atoms with E-state index in [-0.39, 0.29) is 5.11 Å². The van der Waals surface area contributed by atoms with Gasteiger partial charge in [0.1, 0.15) is 6.33 Å². The maximum absolute atomic E-state index is 5.76. The minimum atomic E-state index is 0.136. The van der Waals surface area contributed by atoms with Crippen LogP contribution in [0.5, 0.6) is 11.8 Å². The molecule has 0 aromatic carbocycles. The van der Waals surface area contributed by atoms with Crippen molar-refractivity contribution in [3.63, 3.8) is 0 Å². The quantitative estimate of drug-likeness (QED) is 0.408. The largest absolute Gasteiger partial charge is 0.476 e. The van der Waals surface area contributed by atoms with Crippen molar-refractivity contribution < 1.29 is 9.47 Å². The van der Waals surface area contributed by atoms with Gasteiger partial charge in [-0.1, -0.05) is 52.4 Å². The fourth-order valence-corrected chi connectivity index (χ4v) is 2.30. The van der Waals surface area contributed by atoms with Gasteiger partial charge in [0.15, 0.2) is 10.8 Å². The molecule has 0 saturated carbocycles. The maximum Gasteiger partial charge on any atom is 0.245 e. The molecular formula is C17H30N4O2S. The molecule has 0 aliphatic carbocycles. The molecule has 1 aromatic heterocycles. The fraction of sp³-hybridized carbons (Fsp3) is 0.706. The number of aromatic nitrogens is 2. The highest BCUT2D eigenvalue weighted by molar-refractivity contribution is 7.80. The number of nitrogens with two attached hydrogens (primary N) is 1. The number of nitrogens with zero attached hydrogens (tertiary/aromatic N) is 2. The highest BCUT2D eigenvalue weighted by Crippen LogP contribution is 2.30. The highest BCUT2D eigenvalue weighted by Gasteiger charge is 2.15. The van der Waals surface area contributed by atoms with Crippen LogP contribution in [0.25, 0.3) is 0 Å². The number of hydrogen-bond donors (Lipinski definition) is 2. The Morgan fingerprint density at radius 1 is 0.958 bits per heavy atom. The van der Waals surface area contributed by atoms with E-state index in [2.05, 4.69) is 29.1 Å². The van der Waals surface area contributed by atoms with Gasteiger partial charge in [-0.25, -0.2) is 0 Å². The van der Waals surface area contributed by atoms with Crippen LogP contribution in [0.3, 0.4) is 0 Å². The van der Waals surface area contributed by atoms with Crippen molar-refractivity contribution >= 4 is 23.0 Å². The summed E-state index contributed by atoms with van der Waals surface area (Å²) in [5, 5.41) is 3.02. The van der Waals surface area contributed by atoms with Gasteiger partial charge in [0.2, 0.25) is 11.8 Å². The normalized spacial score (nSPS) is 10.4. The molecule has 0 aliphatic rings. The zero-order chi connectivity index (χ0) is 17.6. The topological polar surface area (TPSA) is 82.3 Å². The summed E-state index contributed by atoms with van der Waals surface area (Å²) in [6.45, 7) is 5.55. The molecular weight excluding hydrogens is 324 g/mol. The van der Waals surface area contributed by atoms with E-state index < -0.39 is 0 Å². The van der Waals surface area contributed by atoms with Gasteiger partial charge in [0.05, 0.1) is 13.2 Å². The number of anilines is 1. The number of hydrogen-bond acceptors (Lipinski definition) is 5. The third-order valence-corrected chi connectivity index (χ3v) is 3.60. The van der Waals surface area contributed by atoms with Crippen LogP contribution in [0, 0.1) is 0 Å². The number of nitrogens with one attached hydrogen (secondary N) is 1. The lowest BCUT2D eigenvalue weighted by Crippen LogP contribution is -2.21. The second kappa shape index (κ2) is 12.8. The molecule has 0 amide bonds. The molecule has 3 N–H and O–H groups in total. The first-order chi connectivity index (χ1) is 11.7. The van der Waals surface area contributed by atoms with Gasteiger partial charge in [-0.05, 0) is 25.1 Å². The molecule has 0 fully saturated rings. The minimum absolute atomic E-state index is 0.136. The Balaban J connectivity index is 2.64. The van der Waals surface area contributed by atoms with Gasteiger partial charge < -0.3 is 20.5 Å². The smallest absolute Gasteiger partial charge is 0.245 e. The summed E-state index contributed by atoms with van der Waals surface area (Å²) in [5.41, 5.74) is 6.11. The van der Waals surface area contributed by atoms with Crippen molar-refractivity contribution in [1.29, 1.82) is 0 Å². The monoisotopic (exact) mass is 354 g/mol. The van der Waals surface area contributed by atoms with E-state index in [9.17, 15) is 0 Å². The molecule has 0 aliphatic heterocycles. The molecule has 6 nitrogen and oxygen atoms in total. The summed E-state index contributed by atoms with van der Waals surface area (Å²) in [5.74, 6) is 0.857. The first-order valence-electron chi connectivity index (χ1n) is 8.86. The van der Waals surface area contributed by atoms with Gasteiger partial charge in [-0.3, -0.25) is 0 Å². The van der Waals surface area contributed by atoms with Crippen LogP contribution < -0.4 is 20.5 Å². The average Bonchev–Trinajstić information content (AvgIpc) is 2.56. The van der Waals surface area contributed by atoms with E-state index >= 15 is 0 Å². The van der Waals surface area contributed by atoms with E-state index in [1.165, 1.54) is 32.0 Å². The molecule has 136 valence electrons. The summed E-state index contributed by atoms with van der Waals surface area (Å²) >= 11 is 4.94. The predicted molar refractivity (Wildman–Crippen MR) is 102 cm³/mol. The lowest BCUT2D eigenvalue weighted by molar-refractivity contribution is 0.278. The highest BCUT2D eigenvalue weighted by atomic mass is 32.1. The van der Waals surface area contributed by atoms with Crippen molar-refractivity contribution in [1.82, 2.24) is 9.97 Å². The number of ether oxygens (including phenoxy) is 2. The van der Waals surface area contributed by atoms with Crippen LogP contribution in [-0.4, -0.2) is 28.3 Å². The molecule has 0 unspecified atom stereocenters. The number of thiocarbonyl (C=S) groups is 1. The third kappa shape index (κ3) is 8.29. The summed E-state index contributed by atoms with van der Waals surface area (Å²) in [7, 11) is 0. The van der Waals surface area contributed by atoms with Gasteiger partial charge in [-0.15, -0.1) is 0 Å². The van der Waals surface area contributed by atoms with Crippen molar-refractivity contribution in [2.75, 3.05) is 18.5 Å². The molecule has 24 heavy (non-hydrogen) atoms. The SMILES string of the molecule is CCCCCCOc1ncnc(OCCCCCC)c1NC(N)=S. The molecule has 0 bridgehead atoms. The van der Waals surface area contributed by atoms with E-state index in [1.807, 2.05) is 0 Å². The maximum atomic E-state index is 5.76. The van der Waals surface area contributed by atoms with E-state index in [0.29, 0.717) is 30.7 Å². The lowest BCUT2D eigenvalue weighted by Gasteiger charge is -2.15. The summed E-state index contributed by atoms with van der Waals surface area (Å²) in [4.78, 5) is 8.35. The van der Waals surface area contributed by atoms with Gasteiger partial charge in [0, 0.05) is 0 Å². The molecule has 7 heteroatoms. The summed E-state index contributed by atoms with van der Waals surface area (Å²) < 4.78 is 11.5.